The van der Waals surface area contributed by atoms with Gasteiger partial charge in [0.15, 0.2) is 0 Å². The first kappa shape index (κ1) is 36.6. The normalized spacial score (nSPS) is 12.3. The van der Waals surface area contributed by atoms with E-state index in [0.29, 0.717) is 0 Å². The van der Waals surface area contributed by atoms with Gasteiger partial charge in [0.25, 0.3) is 0 Å². The highest BCUT2D eigenvalue weighted by Gasteiger charge is 2.47. The quantitative estimate of drug-likeness (QED) is 0.156. The fourth-order valence-electron chi connectivity index (χ4n) is 10.7. The fraction of sp³-hybridized carbons (Fsp3) is 0. The smallest absolute Gasteiger partial charge is 0.227 e. The molecule has 0 aliphatic carbocycles. The Balaban J connectivity index is 1.10. The molecule has 8 aromatic heterocycles. The fourth-order valence-corrected chi connectivity index (χ4v) is 18.8. The molecule has 8 heterocycles. The Morgan fingerprint density at radius 3 is 1.20 bits per heavy atom. The largest absolute Gasteiger partial charge is 0.308 e. The first-order chi connectivity index (χ1) is 32.3. The molecule has 0 atom stereocenters. The molecule has 0 aliphatic rings. The highest BCUT2D eigenvalue weighted by atomic mass is 32.1. The summed E-state index contributed by atoms with van der Waals surface area (Å²) in [5.74, 6) is 0. The van der Waals surface area contributed by atoms with Gasteiger partial charge in [-0.1, -0.05) is 121 Å². The molecule has 6 nitrogen and oxygen atoms in total. The predicted molar refractivity (Wildman–Crippen MR) is 276 cm³/mol. The zero-order chi connectivity index (χ0) is 42.6. The minimum absolute atomic E-state index is 1.10. The van der Waals surface area contributed by atoms with Crippen molar-refractivity contribution in [2.45, 2.75) is 0 Å². The van der Waals surface area contributed by atoms with Gasteiger partial charge in [0.2, 0.25) is 8.07 Å². The molecule has 0 saturated heterocycles. The molecular weight excluding hydrogens is 849 g/mol. The summed E-state index contributed by atoms with van der Waals surface area (Å²) in [5.41, 5.74) is 6.90. The maximum absolute atomic E-state index is 5.60. The Kier molecular flexibility index (Phi) is 7.94. The molecule has 304 valence electrons. The van der Waals surface area contributed by atoms with E-state index < -0.39 is 8.07 Å². The number of hydrogen-bond donors (Lipinski definition) is 0. The average molecular weight is 883 g/mol. The Hall–Kier alpha value is -7.82. The molecule has 0 radical (unpaired) electrons. The van der Waals surface area contributed by atoms with E-state index in [1.54, 1.807) is 0 Å². The van der Waals surface area contributed by atoms with Crippen LogP contribution in [-0.4, -0.2) is 37.1 Å². The number of fused-ring (bicyclic) bond motifs is 12. The van der Waals surface area contributed by atoms with Crippen molar-refractivity contribution in [3.05, 3.63) is 207 Å². The SMILES string of the molecule is c1ccc([Si](c2ccccc2)(c2nccc3c2sc2c(-n4c5ccccc5c5cnccc54)cccc23)c2nccc3c2sc2c(-n4c5ccccc5c5cnccc54)cccc23)cc1. The molecule has 6 aromatic carbocycles. The molecule has 9 heteroatoms. The van der Waals surface area contributed by atoms with E-state index in [1.807, 2.05) is 59.9 Å². The van der Waals surface area contributed by atoms with Crippen LogP contribution in [0.3, 0.4) is 0 Å². The molecular formula is C56H34N6S2Si. The first-order valence-corrected chi connectivity index (χ1v) is 25.3. The van der Waals surface area contributed by atoms with E-state index in [4.69, 9.17) is 9.97 Å². The second kappa shape index (κ2) is 14.1. The van der Waals surface area contributed by atoms with Crippen LogP contribution in [0.15, 0.2) is 207 Å². The Morgan fingerprint density at radius 2 is 0.723 bits per heavy atom. The van der Waals surface area contributed by atoms with E-state index in [9.17, 15) is 0 Å². The molecule has 14 rings (SSSR count). The highest BCUT2D eigenvalue weighted by molar-refractivity contribution is 7.33. The first-order valence-electron chi connectivity index (χ1n) is 21.7. The summed E-state index contributed by atoms with van der Waals surface area (Å²) < 4.78 is 9.66. The van der Waals surface area contributed by atoms with Crippen molar-refractivity contribution in [1.29, 1.82) is 0 Å². The van der Waals surface area contributed by atoms with Crippen molar-refractivity contribution in [3.63, 3.8) is 0 Å². The maximum atomic E-state index is 5.60. The van der Waals surface area contributed by atoms with Crippen LogP contribution in [0.2, 0.25) is 0 Å². The Labute approximate surface area is 381 Å². The van der Waals surface area contributed by atoms with Crippen molar-refractivity contribution >= 4 is 136 Å². The summed E-state index contributed by atoms with van der Waals surface area (Å²) in [7, 11) is -3.33. The van der Waals surface area contributed by atoms with Crippen LogP contribution in [0.1, 0.15) is 0 Å². The lowest BCUT2D eigenvalue weighted by molar-refractivity contribution is 1.19. The van der Waals surface area contributed by atoms with Gasteiger partial charge in [0.05, 0.1) is 62.9 Å². The van der Waals surface area contributed by atoms with Crippen molar-refractivity contribution in [2.24, 2.45) is 0 Å². The van der Waals surface area contributed by atoms with Crippen LogP contribution in [0.4, 0.5) is 0 Å². The standard InChI is InChI=1S/C56H34N6S2Si/c1-3-13-35(14-4-1)65(36-15-5-2-6-16-36,55-53-41(25-31-59-55)39-19-11-23-49(51(39)63-53)61-45-21-9-7-17-37(45)43-33-57-29-27-47(43)61)56-54-42(26-32-60-56)40-20-12-24-50(52(40)64-54)62-46-22-10-8-18-38(46)44-34-58-30-28-48(44)62/h1-34H. The van der Waals surface area contributed by atoms with Gasteiger partial charge in [-0.3, -0.25) is 19.9 Å². The number of hydrogen-bond acceptors (Lipinski definition) is 6. The zero-order valence-electron chi connectivity index (χ0n) is 34.6. The summed E-state index contributed by atoms with van der Waals surface area (Å²) in [6.45, 7) is 0. The van der Waals surface area contributed by atoms with Crippen LogP contribution < -0.4 is 21.0 Å². The van der Waals surface area contributed by atoms with Gasteiger partial charge in [0, 0.05) is 80.3 Å². The van der Waals surface area contributed by atoms with Crippen molar-refractivity contribution in [3.8, 4) is 11.4 Å². The highest BCUT2D eigenvalue weighted by Crippen LogP contribution is 2.43. The van der Waals surface area contributed by atoms with Gasteiger partial charge in [-0.15, -0.1) is 22.7 Å². The average Bonchev–Trinajstić information content (AvgIpc) is 4.14. The minimum atomic E-state index is -3.33. The Bertz CT molecular complexity index is 3830. The van der Waals surface area contributed by atoms with E-state index in [0.717, 1.165) is 54.8 Å². The lowest BCUT2D eigenvalue weighted by Crippen LogP contribution is -2.76. The summed E-state index contributed by atoms with van der Waals surface area (Å²) in [6, 6.07) is 61.8. The molecule has 0 unspecified atom stereocenters. The summed E-state index contributed by atoms with van der Waals surface area (Å²) in [5, 5.41) is 14.2. The third kappa shape index (κ3) is 5.08. The molecule has 0 aliphatic heterocycles. The summed E-state index contributed by atoms with van der Waals surface area (Å²) in [6.07, 6.45) is 11.9. The maximum Gasteiger partial charge on any atom is 0.227 e. The van der Waals surface area contributed by atoms with Crippen molar-refractivity contribution < 1.29 is 0 Å². The second-order valence-corrected chi connectivity index (χ2v) is 22.2. The second-order valence-electron chi connectivity index (χ2n) is 16.6. The van der Waals surface area contributed by atoms with Crippen LogP contribution in [-0.2, 0) is 0 Å². The number of para-hydroxylation sites is 2. The van der Waals surface area contributed by atoms with Crippen LogP contribution in [0, 0.1) is 0 Å². The third-order valence-electron chi connectivity index (χ3n) is 13.3. The molecule has 0 saturated carbocycles. The van der Waals surface area contributed by atoms with Crippen LogP contribution >= 0.6 is 22.7 Å². The number of pyridine rings is 4. The van der Waals surface area contributed by atoms with Gasteiger partial charge in [-0.25, -0.2) is 0 Å². The van der Waals surface area contributed by atoms with E-state index in [1.165, 1.54) is 61.5 Å². The Morgan fingerprint density at radius 1 is 0.323 bits per heavy atom. The van der Waals surface area contributed by atoms with E-state index in [2.05, 4.69) is 189 Å². The number of benzene rings is 6. The summed E-state index contributed by atoms with van der Waals surface area (Å²) in [4.78, 5) is 20.3. The minimum Gasteiger partial charge on any atom is -0.308 e. The van der Waals surface area contributed by atoms with Crippen LogP contribution in [0.25, 0.3) is 95.3 Å². The number of rotatable bonds is 6. The summed E-state index contributed by atoms with van der Waals surface area (Å²) >= 11 is 3.71. The van der Waals surface area contributed by atoms with Crippen molar-refractivity contribution in [1.82, 2.24) is 29.1 Å². The monoisotopic (exact) mass is 882 g/mol. The topological polar surface area (TPSA) is 61.4 Å². The number of aromatic nitrogens is 6. The zero-order valence-corrected chi connectivity index (χ0v) is 37.3. The van der Waals surface area contributed by atoms with Crippen LogP contribution in [0.5, 0.6) is 0 Å². The molecule has 0 fully saturated rings. The number of thiophene rings is 2. The van der Waals surface area contributed by atoms with Gasteiger partial charge in [-0.2, -0.15) is 0 Å². The number of nitrogens with zero attached hydrogens (tertiary/aromatic N) is 6. The third-order valence-corrected chi connectivity index (χ3v) is 20.8. The molecule has 0 N–H and O–H groups in total. The molecule has 0 spiro atoms. The lowest BCUT2D eigenvalue weighted by Gasteiger charge is -2.32. The van der Waals surface area contributed by atoms with Gasteiger partial charge in [0.1, 0.15) is 0 Å². The van der Waals surface area contributed by atoms with Gasteiger partial charge >= 0.3 is 0 Å². The van der Waals surface area contributed by atoms with E-state index >= 15 is 0 Å². The molecule has 0 amide bonds. The molecule has 65 heavy (non-hydrogen) atoms. The van der Waals surface area contributed by atoms with Crippen molar-refractivity contribution in [2.75, 3.05) is 0 Å². The van der Waals surface area contributed by atoms with Gasteiger partial charge < -0.3 is 9.13 Å². The predicted octanol–water partition coefficient (Wildman–Crippen LogP) is 11.6. The van der Waals surface area contributed by atoms with Gasteiger partial charge in [-0.05, 0) is 58.9 Å². The lowest BCUT2D eigenvalue weighted by atomic mass is 10.1. The molecule has 0 bridgehead atoms. The molecule has 14 aromatic rings. The van der Waals surface area contributed by atoms with E-state index in [-0.39, 0.29) is 0 Å².